The van der Waals surface area contributed by atoms with E-state index in [1.807, 2.05) is 24.3 Å². The Kier molecular flexibility index (Phi) is 4.93. The molecule has 1 aromatic rings. The molecule has 6 nitrogen and oxygen atoms in total. The van der Waals surface area contributed by atoms with Crippen molar-refractivity contribution in [3.05, 3.63) is 24.3 Å². The van der Waals surface area contributed by atoms with Gasteiger partial charge in [0.05, 0.1) is 6.54 Å². The van der Waals surface area contributed by atoms with Crippen LogP contribution in [0.2, 0.25) is 0 Å². The largest absolute Gasteiger partial charge is 0.325 e. The maximum Gasteiger partial charge on any atom is 0.238 e. The van der Waals surface area contributed by atoms with Gasteiger partial charge in [0.1, 0.15) is 0 Å². The monoisotopic (exact) mass is 316 g/mol. The molecule has 2 N–H and O–H groups in total. The maximum absolute atomic E-state index is 12.3. The average molecular weight is 316 g/mol. The summed E-state index contributed by atoms with van der Waals surface area (Å²) in [5, 5.41) is 6.27. The minimum absolute atomic E-state index is 0.0105. The Morgan fingerprint density at radius 1 is 1.39 bits per heavy atom. The van der Waals surface area contributed by atoms with Gasteiger partial charge in [-0.1, -0.05) is 6.07 Å². The molecule has 0 radical (unpaired) electrons. The highest BCUT2D eigenvalue weighted by Gasteiger charge is 2.22. The van der Waals surface area contributed by atoms with Crippen molar-refractivity contribution < 1.29 is 9.59 Å². The molecule has 6 heteroatoms. The smallest absolute Gasteiger partial charge is 0.238 e. The third-order valence-electron chi connectivity index (χ3n) is 4.50. The topological polar surface area (TPSA) is 64.7 Å². The van der Waals surface area contributed by atoms with Gasteiger partial charge in [0.25, 0.3) is 0 Å². The van der Waals surface area contributed by atoms with Gasteiger partial charge in [-0.25, -0.2) is 0 Å². The molecule has 1 aromatic carbocycles. The lowest BCUT2D eigenvalue weighted by molar-refractivity contribution is -0.118. The molecular formula is C17H24N4O2. The number of carbonyl (C=O) groups excluding carboxylic acids is 2. The number of benzene rings is 1. The van der Waals surface area contributed by atoms with Crippen LogP contribution in [0.25, 0.3) is 0 Å². The molecule has 124 valence electrons. The molecule has 2 amide bonds. The zero-order chi connectivity index (χ0) is 16.2. The summed E-state index contributed by atoms with van der Waals surface area (Å²) in [6.45, 7) is 6.00. The zero-order valence-electron chi connectivity index (χ0n) is 13.5. The van der Waals surface area contributed by atoms with Crippen LogP contribution in [0.5, 0.6) is 0 Å². The van der Waals surface area contributed by atoms with Gasteiger partial charge in [-0.15, -0.1) is 0 Å². The summed E-state index contributed by atoms with van der Waals surface area (Å²) in [7, 11) is 0. The van der Waals surface area contributed by atoms with Crippen molar-refractivity contribution in [3.63, 3.8) is 0 Å². The Bertz CT molecular complexity index is 590. The Morgan fingerprint density at radius 2 is 2.26 bits per heavy atom. The van der Waals surface area contributed by atoms with E-state index >= 15 is 0 Å². The van der Waals surface area contributed by atoms with Crippen molar-refractivity contribution in [2.45, 2.75) is 25.8 Å². The predicted molar refractivity (Wildman–Crippen MR) is 90.6 cm³/mol. The van der Waals surface area contributed by atoms with Crippen LogP contribution in [0.4, 0.5) is 11.4 Å². The number of piperazine rings is 1. The van der Waals surface area contributed by atoms with Crippen LogP contribution in [-0.4, -0.2) is 55.5 Å². The minimum Gasteiger partial charge on any atom is -0.325 e. The van der Waals surface area contributed by atoms with Gasteiger partial charge in [0.15, 0.2) is 0 Å². The van der Waals surface area contributed by atoms with Crippen molar-refractivity contribution >= 4 is 23.2 Å². The van der Waals surface area contributed by atoms with Crippen LogP contribution in [-0.2, 0) is 9.59 Å². The fourth-order valence-corrected chi connectivity index (χ4v) is 3.18. The van der Waals surface area contributed by atoms with Gasteiger partial charge in [-0.2, -0.15) is 0 Å². The van der Waals surface area contributed by atoms with Crippen LogP contribution in [0.15, 0.2) is 24.3 Å². The van der Waals surface area contributed by atoms with Crippen molar-refractivity contribution in [1.29, 1.82) is 0 Å². The minimum atomic E-state index is -0.0105. The molecule has 1 atom stereocenters. The second-order valence-corrected chi connectivity index (χ2v) is 6.27. The van der Waals surface area contributed by atoms with Crippen molar-refractivity contribution in [2.75, 3.05) is 42.9 Å². The highest BCUT2D eigenvalue weighted by molar-refractivity contribution is 5.97. The van der Waals surface area contributed by atoms with E-state index in [-0.39, 0.29) is 11.8 Å². The molecule has 0 aliphatic carbocycles. The summed E-state index contributed by atoms with van der Waals surface area (Å²) < 4.78 is 0. The molecular weight excluding hydrogens is 292 g/mol. The van der Waals surface area contributed by atoms with Crippen LogP contribution in [0, 0.1) is 0 Å². The summed E-state index contributed by atoms with van der Waals surface area (Å²) in [6.07, 6.45) is 1.51. The number of anilines is 2. The van der Waals surface area contributed by atoms with Crippen LogP contribution in [0.3, 0.4) is 0 Å². The van der Waals surface area contributed by atoms with E-state index in [1.54, 1.807) is 4.90 Å². The maximum atomic E-state index is 12.3. The predicted octanol–water partition coefficient (Wildman–Crippen LogP) is 1.05. The van der Waals surface area contributed by atoms with E-state index in [9.17, 15) is 9.59 Å². The third kappa shape index (κ3) is 3.89. The first-order chi connectivity index (χ1) is 11.1. The molecule has 0 unspecified atom stereocenters. The molecule has 0 bridgehead atoms. The molecule has 0 aromatic heterocycles. The molecule has 0 saturated carbocycles. The van der Waals surface area contributed by atoms with E-state index in [0.717, 1.165) is 44.0 Å². The second kappa shape index (κ2) is 7.10. The second-order valence-electron chi connectivity index (χ2n) is 6.27. The first-order valence-electron chi connectivity index (χ1n) is 8.28. The van der Waals surface area contributed by atoms with Gasteiger partial charge >= 0.3 is 0 Å². The SMILES string of the molecule is C[C@@H]1CNCCN1CC(=O)Nc1cccc(N2CCCC2=O)c1. The standard InChI is InChI=1S/C17H24N4O2/c1-13-11-18-7-9-20(13)12-16(22)19-14-4-2-5-15(10-14)21-8-3-6-17(21)23/h2,4-5,10,13,18H,3,6-9,11-12H2,1H3,(H,19,22)/t13-/m1/s1. The molecule has 2 saturated heterocycles. The van der Waals surface area contributed by atoms with Crippen LogP contribution in [0.1, 0.15) is 19.8 Å². The van der Waals surface area contributed by atoms with Crippen molar-refractivity contribution in [2.24, 2.45) is 0 Å². The summed E-state index contributed by atoms with van der Waals surface area (Å²) >= 11 is 0. The van der Waals surface area contributed by atoms with E-state index in [0.29, 0.717) is 19.0 Å². The fraction of sp³-hybridized carbons (Fsp3) is 0.529. The number of amides is 2. The summed E-state index contributed by atoms with van der Waals surface area (Å²) in [6, 6.07) is 7.90. The van der Waals surface area contributed by atoms with E-state index in [1.165, 1.54) is 0 Å². The van der Waals surface area contributed by atoms with Crippen LogP contribution >= 0.6 is 0 Å². The number of nitrogens with zero attached hydrogens (tertiary/aromatic N) is 2. The molecule has 3 rings (SSSR count). The third-order valence-corrected chi connectivity index (χ3v) is 4.50. The zero-order valence-corrected chi connectivity index (χ0v) is 13.5. The molecule has 2 aliphatic heterocycles. The Morgan fingerprint density at radius 3 is 3.00 bits per heavy atom. The summed E-state index contributed by atoms with van der Waals surface area (Å²) in [5.41, 5.74) is 1.61. The Balaban J connectivity index is 1.61. The van der Waals surface area contributed by atoms with E-state index < -0.39 is 0 Å². The van der Waals surface area contributed by atoms with Gasteiger partial charge in [0, 0.05) is 50.0 Å². The lowest BCUT2D eigenvalue weighted by atomic mass is 10.2. The molecule has 2 aliphatic rings. The molecule has 0 spiro atoms. The summed E-state index contributed by atoms with van der Waals surface area (Å²) in [5.74, 6) is 0.145. The van der Waals surface area contributed by atoms with Gasteiger partial charge in [-0.3, -0.25) is 14.5 Å². The summed E-state index contributed by atoms with van der Waals surface area (Å²) in [4.78, 5) is 28.1. The van der Waals surface area contributed by atoms with Gasteiger partial charge in [0.2, 0.25) is 11.8 Å². The number of hydrogen-bond donors (Lipinski definition) is 2. The van der Waals surface area contributed by atoms with Gasteiger partial charge in [-0.05, 0) is 31.5 Å². The first kappa shape index (κ1) is 16.0. The number of rotatable bonds is 4. The van der Waals surface area contributed by atoms with Crippen LogP contribution < -0.4 is 15.5 Å². The van der Waals surface area contributed by atoms with E-state index in [4.69, 9.17) is 0 Å². The fourth-order valence-electron chi connectivity index (χ4n) is 3.18. The van der Waals surface area contributed by atoms with Crippen molar-refractivity contribution in [3.8, 4) is 0 Å². The molecule has 2 fully saturated rings. The number of carbonyl (C=O) groups is 2. The molecule has 2 heterocycles. The average Bonchev–Trinajstić information content (AvgIpc) is 2.96. The van der Waals surface area contributed by atoms with Crippen molar-refractivity contribution in [1.82, 2.24) is 10.2 Å². The normalized spacial score (nSPS) is 22.4. The molecule has 23 heavy (non-hydrogen) atoms. The lowest BCUT2D eigenvalue weighted by Crippen LogP contribution is -2.51. The number of nitrogens with one attached hydrogen (secondary N) is 2. The highest BCUT2D eigenvalue weighted by Crippen LogP contribution is 2.24. The Hall–Kier alpha value is -1.92. The highest BCUT2D eigenvalue weighted by atomic mass is 16.2. The van der Waals surface area contributed by atoms with E-state index in [2.05, 4.69) is 22.5 Å². The van der Waals surface area contributed by atoms with Gasteiger partial charge < -0.3 is 15.5 Å². The quantitative estimate of drug-likeness (QED) is 0.871. The lowest BCUT2D eigenvalue weighted by Gasteiger charge is -2.33. The Labute approximate surface area is 136 Å². The number of hydrogen-bond acceptors (Lipinski definition) is 4. The first-order valence-corrected chi connectivity index (χ1v) is 8.28.